The van der Waals surface area contributed by atoms with E-state index in [9.17, 15) is 0 Å². The summed E-state index contributed by atoms with van der Waals surface area (Å²) in [5.41, 5.74) is 2.34. The molecule has 5 heteroatoms. The molecule has 0 bridgehead atoms. The van der Waals surface area contributed by atoms with E-state index in [2.05, 4.69) is 34.7 Å². The second-order valence-electron chi connectivity index (χ2n) is 4.46. The zero-order valence-corrected chi connectivity index (χ0v) is 11.6. The van der Waals surface area contributed by atoms with Crippen LogP contribution in [0.1, 0.15) is 30.6 Å². The van der Waals surface area contributed by atoms with Crippen molar-refractivity contribution in [2.24, 2.45) is 7.05 Å². The maximum Gasteiger partial charge on any atom is 0.118 e. The summed E-state index contributed by atoms with van der Waals surface area (Å²) in [5, 5.41) is 11.3. The van der Waals surface area contributed by atoms with E-state index in [0.29, 0.717) is 6.04 Å². The minimum absolute atomic E-state index is 0.320. The van der Waals surface area contributed by atoms with Crippen molar-refractivity contribution >= 4 is 0 Å². The Morgan fingerprint density at radius 1 is 1.32 bits per heavy atom. The summed E-state index contributed by atoms with van der Waals surface area (Å²) in [4.78, 5) is 0. The number of nitrogens with zero attached hydrogens (tertiary/aromatic N) is 3. The van der Waals surface area contributed by atoms with E-state index >= 15 is 0 Å². The minimum atomic E-state index is 0.320. The van der Waals surface area contributed by atoms with Crippen molar-refractivity contribution in [3.05, 3.63) is 41.7 Å². The molecule has 0 radical (unpaired) electrons. The number of hydrogen-bond donors (Lipinski definition) is 1. The van der Waals surface area contributed by atoms with Crippen molar-refractivity contribution in [2.75, 3.05) is 7.11 Å². The molecule has 102 valence electrons. The maximum atomic E-state index is 5.18. The largest absolute Gasteiger partial charge is 0.497 e. The number of rotatable bonds is 6. The topological polar surface area (TPSA) is 52.0 Å². The fourth-order valence-corrected chi connectivity index (χ4v) is 2.03. The Morgan fingerprint density at radius 3 is 2.58 bits per heavy atom. The number of hydrogen-bond acceptors (Lipinski definition) is 4. The summed E-state index contributed by atoms with van der Waals surface area (Å²) in [5.74, 6) is 0.884. The molecule has 0 aliphatic carbocycles. The smallest absolute Gasteiger partial charge is 0.118 e. The lowest BCUT2D eigenvalue weighted by atomic mass is 10.0. The molecule has 0 aliphatic rings. The van der Waals surface area contributed by atoms with Crippen molar-refractivity contribution in [2.45, 2.75) is 25.9 Å². The van der Waals surface area contributed by atoms with Crippen LogP contribution in [0, 0.1) is 0 Å². The highest BCUT2D eigenvalue weighted by Crippen LogP contribution is 2.20. The van der Waals surface area contributed by atoms with E-state index in [-0.39, 0.29) is 0 Å². The van der Waals surface area contributed by atoms with Crippen LogP contribution in [0.5, 0.6) is 5.75 Å². The standard InChI is InChI=1S/C14H20N4O/c1-4-14(11-5-7-13(19-3)8-6-11)15-9-12-10-16-17-18(12)2/h5-8,10,14-15H,4,9H2,1-3H3. The maximum absolute atomic E-state index is 5.18. The first-order valence-electron chi connectivity index (χ1n) is 6.45. The number of aryl methyl sites for hydroxylation is 1. The van der Waals surface area contributed by atoms with Gasteiger partial charge in [0.25, 0.3) is 0 Å². The highest BCUT2D eigenvalue weighted by Gasteiger charge is 2.10. The van der Waals surface area contributed by atoms with Crippen LogP contribution in [0.4, 0.5) is 0 Å². The molecule has 19 heavy (non-hydrogen) atoms. The van der Waals surface area contributed by atoms with Crippen LogP contribution in [0.3, 0.4) is 0 Å². The SMILES string of the molecule is CCC(NCc1cnnn1C)c1ccc(OC)cc1. The van der Waals surface area contributed by atoms with Crippen LogP contribution in [-0.4, -0.2) is 22.1 Å². The molecule has 0 spiro atoms. The van der Waals surface area contributed by atoms with E-state index in [4.69, 9.17) is 4.74 Å². The molecule has 0 aliphatic heterocycles. The normalized spacial score (nSPS) is 12.4. The molecular weight excluding hydrogens is 240 g/mol. The molecule has 1 N–H and O–H groups in total. The molecule has 2 rings (SSSR count). The van der Waals surface area contributed by atoms with Crippen LogP contribution in [0.25, 0.3) is 0 Å². The Bertz CT molecular complexity index is 506. The Morgan fingerprint density at radius 2 is 2.05 bits per heavy atom. The average Bonchev–Trinajstić information content (AvgIpc) is 2.86. The second-order valence-corrected chi connectivity index (χ2v) is 4.46. The van der Waals surface area contributed by atoms with Gasteiger partial charge in [-0.3, -0.25) is 4.68 Å². The summed E-state index contributed by atoms with van der Waals surface area (Å²) in [7, 11) is 3.58. The van der Waals surface area contributed by atoms with E-state index < -0.39 is 0 Å². The van der Waals surface area contributed by atoms with E-state index in [1.54, 1.807) is 18.0 Å². The molecule has 2 aromatic rings. The van der Waals surface area contributed by atoms with Crippen molar-refractivity contribution in [3.8, 4) is 5.75 Å². The van der Waals surface area contributed by atoms with Crippen molar-refractivity contribution in [3.63, 3.8) is 0 Å². The van der Waals surface area contributed by atoms with Gasteiger partial charge in [-0.05, 0) is 24.1 Å². The molecule has 1 unspecified atom stereocenters. The molecule has 0 amide bonds. The van der Waals surface area contributed by atoms with Gasteiger partial charge in [0.15, 0.2) is 0 Å². The Labute approximate surface area is 113 Å². The van der Waals surface area contributed by atoms with Gasteiger partial charge >= 0.3 is 0 Å². The number of nitrogens with one attached hydrogen (secondary N) is 1. The number of aromatic nitrogens is 3. The van der Waals surface area contributed by atoms with Gasteiger partial charge in [-0.2, -0.15) is 0 Å². The summed E-state index contributed by atoms with van der Waals surface area (Å²) < 4.78 is 6.96. The molecule has 5 nitrogen and oxygen atoms in total. The van der Waals surface area contributed by atoms with E-state index in [1.807, 2.05) is 19.2 Å². The Kier molecular flexibility index (Phi) is 4.52. The fraction of sp³-hybridized carbons (Fsp3) is 0.429. The van der Waals surface area contributed by atoms with E-state index in [0.717, 1.165) is 24.4 Å². The molecule has 1 atom stereocenters. The lowest BCUT2D eigenvalue weighted by molar-refractivity contribution is 0.414. The first-order valence-corrected chi connectivity index (χ1v) is 6.45. The predicted molar refractivity (Wildman–Crippen MR) is 73.9 cm³/mol. The van der Waals surface area contributed by atoms with Crippen molar-refractivity contribution < 1.29 is 4.74 Å². The highest BCUT2D eigenvalue weighted by molar-refractivity contribution is 5.29. The van der Waals surface area contributed by atoms with Gasteiger partial charge in [0.05, 0.1) is 19.0 Å². The molecule has 0 saturated heterocycles. The van der Waals surface area contributed by atoms with Gasteiger partial charge in [-0.25, -0.2) is 0 Å². The monoisotopic (exact) mass is 260 g/mol. The van der Waals surface area contributed by atoms with Gasteiger partial charge < -0.3 is 10.1 Å². The minimum Gasteiger partial charge on any atom is -0.497 e. The highest BCUT2D eigenvalue weighted by atomic mass is 16.5. The first-order chi connectivity index (χ1) is 9.24. The molecule has 0 saturated carbocycles. The number of benzene rings is 1. The fourth-order valence-electron chi connectivity index (χ4n) is 2.03. The van der Waals surface area contributed by atoms with Gasteiger partial charge in [-0.15, -0.1) is 5.10 Å². The van der Waals surface area contributed by atoms with Crippen LogP contribution < -0.4 is 10.1 Å². The van der Waals surface area contributed by atoms with Gasteiger partial charge in [0.2, 0.25) is 0 Å². The Balaban J connectivity index is 2.01. The predicted octanol–water partition coefficient (Wildman–Crippen LogP) is 2.06. The van der Waals surface area contributed by atoms with Gasteiger partial charge in [-0.1, -0.05) is 24.3 Å². The van der Waals surface area contributed by atoms with Crippen LogP contribution in [0.15, 0.2) is 30.5 Å². The van der Waals surface area contributed by atoms with Crippen molar-refractivity contribution in [1.82, 2.24) is 20.3 Å². The quantitative estimate of drug-likeness (QED) is 0.864. The molecule has 1 aromatic carbocycles. The summed E-state index contributed by atoms with van der Waals surface area (Å²) >= 11 is 0. The molecule has 1 heterocycles. The molecular formula is C14H20N4O. The zero-order chi connectivity index (χ0) is 13.7. The van der Waals surface area contributed by atoms with Crippen molar-refractivity contribution in [1.29, 1.82) is 0 Å². The first kappa shape index (κ1) is 13.5. The zero-order valence-electron chi connectivity index (χ0n) is 11.6. The second kappa shape index (κ2) is 6.33. The lowest BCUT2D eigenvalue weighted by Crippen LogP contribution is -2.21. The summed E-state index contributed by atoms with van der Waals surface area (Å²) in [6.45, 7) is 2.93. The number of methoxy groups -OCH3 is 1. The molecule has 0 fully saturated rings. The lowest BCUT2D eigenvalue weighted by Gasteiger charge is -2.17. The summed E-state index contributed by atoms with van der Waals surface area (Å²) in [6.07, 6.45) is 2.81. The molecule has 1 aromatic heterocycles. The third kappa shape index (κ3) is 3.32. The number of ether oxygens (including phenoxy) is 1. The van der Waals surface area contributed by atoms with Crippen LogP contribution in [0.2, 0.25) is 0 Å². The summed E-state index contributed by atoms with van der Waals surface area (Å²) in [6, 6.07) is 8.50. The average molecular weight is 260 g/mol. The third-order valence-corrected chi connectivity index (χ3v) is 3.26. The Hall–Kier alpha value is -1.88. The third-order valence-electron chi connectivity index (χ3n) is 3.26. The van der Waals surface area contributed by atoms with E-state index in [1.165, 1.54) is 5.56 Å². The van der Waals surface area contributed by atoms with Crippen LogP contribution in [-0.2, 0) is 13.6 Å². The van der Waals surface area contributed by atoms with Gasteiger partial charge in [0.1, 0.15) is 5.75 Å². The van der Waals surface area contributed by atoms with Crippen LogP contribution >= 0.6 is 0 Å². The van der Waals surface area contributed by atoms with Gasteiger partial charge in [0, 0.05) is 19.6 Å².